The first kappa shape index (κ1) is 13.2. The Kier molecular flexibility index (Phi) is 3.28. The minimum atomic E-state index is -0.0854. The number of carbonyl (C=O) groups is 1. The largest absolute Gasteiger partial charge is 0.399 e. The van der Waals surface area contributed by atoms with Crippen molar-refractivity contribution < 1.29 is 4.79 Å². The fraction of sp³-hybridized carbons (Fsp3) is 0. The van der Waals surface area contributed by atoms with E-state index in [0.717, 1.165) is 15.4 Å². The first-order valence-corrected chi connectivity index (χ1v) is 7.10. The van der Waals surface area contributed by atoms with Gasteiger partial charge in [-0.3, -0.25) is 4.79 Å². The Labute approximate surface area is 128 Å². The van der Waals surface area contributed by atoms with Gasteiger partial charge in [-0.15, -0.1) is 0 Å². The predicted octanol–water partition coefficient (Wildman–Crippen LogP) is 4.40. The third kappa shape index (κ3) is 2.21. The molecule has 0 aliphatic rings. The van der Waals surface area contributed by atoms with Gasteiger partial charge in [0.25, 0.3) is 0 Å². The van der Waals surface area contributed by atoms with Gasteiger partial charge >= 0.3 is 0 Å². The molecule has 0 atom stereocenters. The van der Waals surface area contributed by atoms with Gasteiger partial charge in [-0.25, -0.2) is 0 Å². The number of ketones is 1. The molecule has 3 nitrogen and oxygen atoms in total. The Morgan fingerprint density at radius 2 is 1.95 bits per heavy atom. The Morgan fingerprint density at radius 3 is 2.75 bits per heavy atom. The molecule has 3 N–H and O–H groups in total. The number of nitrogens with one attached hydrogen (secondary N) is 1. The fourth-order valence-electron chi connectivity index (χ4n) is 2.15. The second-order valence-corrected chi connectivity index (χ2v) is 5.75. The smallest absolute Gasteiger partial charge is 0.196 e. The van der Waals surface area contributed by atoms with Crippen LogP contribution in [0.2, 0.25) is 5.02 Å². The average Bonchev–Trinajstić information content (AvgIpc) is 2.83. The maximum atomic E-state index is 12.6. The standard InChI is InChI=1S/C15H10BrClN2O/c16-13-4-2-9(18)6-11(13)15(20)12-7-19-14-5-8(17)1-3-10(12)14/h1-7,19H,18H2. The van der Waals surface area contributed by atoms with Crippen LogP contribution in [0.1, 0.15) is 15.9 Å². The monoisotopic (exact) mass is 348 g/mol. The van der Waals surface area contributed by atoms with Crippen molar-refractivity contribution in [3.63, 3.8) is 0 Å². The maximum absolute atomic E-state index is 12.6. The van der Waals surface area contributed by atoms with Crippen LogP contribution in [0.25, 0.3) is 10.9 Å². The summed E-state index contributed by atoms with van der Waals surface area (Å²) >= 11 is 9.33. The molecular formula is C15H10BrClN2O. The molecule has 1 aromatic heterocycles. The van der Waals surface area contributed by atoms with Crippen LogP contribution in [-0.2, 0) is 0 Å². The molecule has 0 fully saturated rings. The van der Waals surface area contributed by atoms with Gasteiger partial charge < -0.3 is 10.7 Å². The molecule has 0 amide bonds. The van der Waals surface area contributed by atoms with Gasteiger partial charge in [0.05, 0.1) is 0 Å². The van der Waals surface area contributed by atoms with E-state index in [-0.39, 0.29) is 5.78 Å². The lowest BCUT2D eigenvalue weighted by atomic mass is 10.0. The Morgan fingerprint density at radius 1 is 1.15 bits per heavy atom. The molecule has 0 aliphatic heterocycles. The number of halogens is 2. The highest BCUT2D eigenvalue weighted by Crippen LogP contribution is 2.27. The van der Waals surface area contributed by atoms with Crippen molar-refractivity contribution in [2.45, 2.75) is 0 Å². The number of nitrogens with two attached hydrogens (primary N) is 1. The van der Waals surface area contributed by atoms with Crippen molar-refractivity contribution in [3.8, 4) is 0 Å². The van der Waals surface area contributed by atoms with Gasteiger partial charge in [0, 0.05) is 43.4 Å². The van der Waals surface area contributed by atoms with Crippen LogP contribution in [0.4, 0.5) is 5.69 Å². The maximum Gasteiger partial charge on any atom is 0.196 e. The van der Waals surface area contributed by atoms with Crippen molar-refractivity contribution >= 4 is 49.9 Å². The van der Waals surface area contributed by atoms with E-state index in [2.05, 4.69) is 20.9 Å². The summed E-state index contributed by atoms with van der Waals surface area (Å²) in [4.78, 5) is 15.7. The van der Waals surface area contributed by atoms with Gasteiger partial charge in [-0.1, -0.05) is 33.6 Å². The SMILES string of the molecule is Nc1ccc(Br)c(C(=O)c2c[nH]c3cc(Cl)ccc23)c1. The molecule has 1 heterocycles. The first-order chi connectivity index (χ1) is 9.56. The molecule has 0 saturated heterocycles. The number of aromatic amines is 1. The highest BCUT2D eigenvalue weighted by Gasteiger charge is 2.17. The third-order valence-electron chi connectivity index (χ3n) is 3.12. The number of rotatable bonds is 2. The molecule has 5 heteroatoms. The number of nitrogen functional groups attached to an aromatic ring is 1. The fourth-order valence-corrected chi connectivity index (χ4v) is 2.75. The second-order valence-electron chi connectivity index (χ2n) is 4.46. The molecule has 3 aromatic rings. The van der Waals surface area contributed by atoms with Crippen LogP contribution >= 0.6 is 27.5 Å². The summed E-state index contributed by atoms with van der Waals surface area (Å²) in [5.74, 6) is -0.0854. The quantitative estimate of drug-likeness (QED) is 0.532. The summed E-state index contributed by atoms with van der Waals surface area (Å²) in [5, 5.41) is 1.47. The summed E-state index contributed by atoms with van der Waals surface area (Å²) in [6, 6.07) is 10.6. The predicted molar refractivity (Wildman–Crippen MR) is 85.3 cm³/mol. The summed E-state index contributed by atoms with van der Waals surface area (Å²) in [6.07, 6.45) is 1.69. The first-order valence-electron chi connectivity index (χ1n) is 5.92. The molecule has 3 rings (SSSR count). The number of benzene rings is 2. The van der Waals surface area contributed by atoms with Crippen LogP contribution in [0.15, 0.2) is 47.1 Å². The lowest BCUT2D eigenvalue weighted by Crippen LogP contribution is -2.02. The van der Waals surface area contributed by atoms with Crippen molar-refractivity contribution in [2.75, 3.05) is 5.73 Å². The zero-order valence-electron chi connectivity index (χ0n) is 10.3. The summed E-state index contributed by atoms with van der Waals surface area (Å²) in [6.45, 7) is 0. The van der Waals surface area contributed by atoms with Gasteiger partial charge in [0.1, 0.15) is 0 Å². The summed E-state index contributed by atoms with van der Waals surface area (Å²) in [5.41, 5.74) is 8.28. The lowest BCUT2D eigenvalue weighted by Gasteiger charge is -2.04. The molecular weight excluding hydrogens is 340 g/mol. The number of H-pyrrole nitrogens is 1. The number of fused-ring (bicyclic) bond motifs is 1. The minimum Gasteiger partial charge on any atom is -0.399 e. The molecule has 0 spiro atoms. The molecule has 0 saturated carbocycles. The summed E-state index contributed by atoms with van der Waals surface area (Å²) in [7, 11) is 0. The van der Waals surface area contributed by atoms with Gasteiger partial charge in [-0.05, 0) is 30.3 Å². The topological polar surface area (TPSA) is 58.9 Å². The van der Waals surface area contributed by atoms with E-state index in [4.69, 9.17) is 17.3 Å². The molecule has 100 valence electrons. The van der Waals surface area contributed by atoms with Crippen LogP contribution in [-0.4, -0.2) is 10.8 Å². The molecule has 0 bridgehead atoms. The van der Waals surface area contributed by atoms with E-state index in [1.807, 2.05) is 6.07 Å². The Bertz CT molecular complexity index is 826. The zero-order valence-corrected chi connectivity index (χ0v) is 12.6. The van der Waals surface area contributed by atoms with Gasteiger partial charge in [-0.2, -0.15) is 0 Å². The van der Waals surface area contributed by atoms with Crippen molar-refractivity contribution in [1.82, 2.24) is 4.98 Å². The van der Waals surface area contributed by atoms with Crippen molar-refractivity contribution in [1.29, 1.82) is 0 Å². The van der Waals surface area contributed by atoms with E-state index in [9.17, 15) is 4.79 Å². The van der Waals surface area contributed by atoms with Gasteiger partial charge in [0.15, 0.2) is 5.78 Å². The Hall–Kier alpha value is -1.78. The Balaban J connectivity index is 2.15. The second kappa shape index (κ2) is 4.96. The minimum absolute atomic E-state index is 0.0854. The number of aromatic nitrogens is 1. The molecule has 20 heavy (non-hydrogen) atoms. The molecule has 2 aromatic carbocycles. The number of hydrogen-bond donors (Lipinski definition) is 2. The number of anilines is 1. The molecule has 0 aliphatic carbocycles. The van der Waals surface area contributed by atoms with Crippen LogP contribution < -0.4 is 5.73 Å². The van der Waals surface area contributed by atoms with Crippen molar-refractivity contribution in [2.24, 2.45) is 0 Å². The lowest BCUT2D eigenvalue weighted by molar-refractivity contribution is 0.103. The normalized spacial score (nSPS) is 10.9. The van der Waals surface area contributed by atoms with E-state index in [1.165, 1.54) is 0 Å². The highest BCUT2D eigenvalue weighted by atomic mass is 79.9. The van der Waals surface area contributed by atoms with E-state index >= 15 is 0 Å². The molecule has 0 radical (unpaired) electrons. The van der Waals surface area contributed by atoms with E-state index in [0.29, 0.717) is 21.8 Å². The number of hydrogen-bond acceptors (Lipinski definition) is 2. The average molecular weight is 350 g/mol. The zero-order chi connectivity index (χ0) is 14.3. The highest BCUT2D eigenvalue weighted by molar-refractivity contribution is 9.10. The third-order valence-corrected chi connectivity index (χ3v) is 4.05. The van der Waals surface area contributed by atoms with Crippen LogP contribution in [0, 0.1) is 0 Å². The van der Waals surface area contributed by atoms with Gasteiger partial charge in [0.2, 0.25) is 0 Å². The molecule has 0 unspecified atom stereocenters. The van der Waals surface area contributed by atoms with Crippen LogP contribution in [0.3, 0.4) is 0 Å². The van der Waals surface area contributed by atoms with E-state index in [1.54, 1.807) is 36.5 Å². The number of carbonyl (C=O) groups excluding carboxylic acids is 1. The van der Waals surface area contributed by atoms with Crippen LogP contribution in [0.5, 0.6) is 0 Å². The van der Waals surface area contributed by atoms with Crippen molar-refractivity contribution in [3.05, 3.63) is 63.2 Å². The van der Waals surface area contributed by atoms with E-state index < -0.39 is 0 Å². The summed E-state index contributed by atoms with van der Waals surface area (Å²) < 4.78 is 0.722.